The van der Waals surface area contributed by atoms with Gasteiger partial charge in [-0.3, -0.25) is 0 Å². The first-order valence-electron chi connectivity index (χ1n) is 12.3. The van der Waals surface area contributed by atoms with Crippen molar-refractivity contribution in [3.8, 4) is 0 Å². The Balaban J connectivity index is 1.98. The maximum absolute atomic E-state index is 6.63. The normalized spacial score (nSPS) is 23.9. The molecular weight excluding hydrogens is 422 g/mol. The van der Waals surface area contributed by atoms with E-state index < -0.39 is 14.2 Å². The molecule has 0 spiro atoms. The van der Waals surface area contributed by atoms with Crippen molar-refractivity contribution in [3.05, 3.63) is 71.8 Å². The highest BCUT2D eigenvalue weighted by atomic mass is 16.6. The van der Waals surface area contributed by atoms with Crippen LogP contribution >= 0.6 is 0 Å². The molecule has 34 heavy (non-hydrogen) atoms. The van der Waals surface area contributed by atoms with Crippen LogP contribution < -0.4 is 0 Å². The first kappa shape index (κ1) is 25.2. The Bertz CT molecular complexity index is 913. The van der Waals surface area contributed by atoms with Crippen molar-refractivity contribution < 1.29 is 18.6 Å². The predicted molar refractivity (Wildman–Crippen MR) is 141 cm³/mol. The molecule has 0 aliphatic carbocycles. The first-order valence-corrected chi connectivity index (χ1v) is 12.3. The Kier molecular flexibility index (Phi) is 6.67. The van der Waals surface area contributed by atoms with Crippen LogP contribution in [0.3, 0.4) is 0 Å². The molecule has 0 unspecified atom stereocenters. The van der Waals surface area contributed by atoms with Crippen LogP contribution in [-0.4, -0.2) is 36.6 Å². The number of hydrogen-bond acceptors (Lipinski definition) is 4. The number of rotatable bonds is 4. The van der Waals surface area contributed by atoms with E-state index in [0.717, 1.165) is 34.9 Å². The third kappa shape index (κ3) is 5.85. The molecule has 6 heteroatoms. The fourth-order valence-corrected chi connectivity index (χ4v) is 5.73. The molecule has 0 radical (unpaired) electrons. The van der Waals surface area contributed by atoms with Gasteiger partial charge in [-0.25, -0.2) is 0 Å². The Hall–Kier alpha value is -1.85. The second-order valence-electron chi connectivity index (χ2n) is 12.1. The molecule has 180 valence electrons. The minimum atomic E-state index is -0.572. The van der Waals surface area contributed by atoms with Crippen molar-refractivity contribution in [1.82, 2.24) is 0 Å². The minimum absolute atomic E-state index is 0.346. The molecule has 2 fully saturated rings. The Morgan fingerprint density at radius 2 is 0.765 bits per heavy atom. The SMILES string of the molecule is CC1(C)CC(C)(C)OB(/C(=C(\B2OC(C)(C)CC(C)(C)O2)c2ccccc2)c2ccccc2)O1. The standard InChI is InChI=1S/C28H38B2O4/c1-25(2)19-26(3,4)32-29(31-25)23(21-15-11-9-12-16-21)24(22-17-13-10-14-18-22)30-33-27(5,6)20-28(7,8)34-30/h9-18H,19-20H2,1-8H3/b24-23-. The van der Waals surface area contributed by atoms with Gasteiger partial charge in [0.15, 0.2) is 0 Å². The van der Waals surface area contributed by atoms with E-state index in [4.69, 9.17) is 18.6 Å². The van der Waals surface area contributed by atoms with E-state index in [1.165, 1.54) is 0 Å². The van der Waals surface area contributed by atoms with Crippen LogP contribution in [0.4, 0.5) is 0 Å². The van der Waals surface area contributed by atoms with Gasteiger partial charge in [-0.15, -0.1) is 0 Å². The van der Waals surface area contributed by atoms with E-state index in [0.29, 0.717) is 0 Å². The highest BCUT2D eigenvalue weighted by molar-refractivity contribution is 6.82. The van der Waals surface area contributed by atoms with Crippen molar-refractivity contribution in [2.24, 2.45) is 0 Å². The second kappa shape index (κ2) is 8.98. The summed E-state index contributed by atoms with van der Waals surface area (Å²) in [5.74, 6) is 0. The van der Waals surface area contributed by atoms with Crippen molar-refractivity contribution >= 4 is 25.2 Å². The predicted octanol–water partition coefficient (Wildman–Crippen LogP) is 6.64. The van der Waals surface area contributed by atoms with Crippen LogP contribution in [0.25, 0.3) is 10.9 Å². The smallest absolute Gasteiger partial charge is 0.402 e. The Morgan fingerprint density at radius 1 is 0.500 bits per heavy atom. The summed E-state index contributed by atoms with van der Waals surface area (Å²) in [5, 5.41) is 0. The summed E-state index contributed by atoms with van der Waals surface area (Å²) in [7, 11) is -1.14. The molecule has 0 N–H and O–H groups in total. The number of hydrogen-bond donors (Lipinski definition) is 0. The van der Waals surface area contributed by atoms with E-state index in [1.807, 2.05) is 36.4 Å². The molecule has 0 aromatic heterocycles. The molecule has 4 nitrogen and oxygen atoms in total. The van der Waals surface area contributed by atoms with Gasteiger partial charge in [0.1, 0.15) is 0 Å². The van der Waals surface area contributed by atoms with Gasteiger partial charge in [-0.05, 0) is 77.5 Å². The van der Waals surface area contributed by atoms with E-state index >= 15 is 0 Å². The molecule has 2 aliphatic heterocycles. The summed E-state index contributed by atoms with van der Waals surface area (Å²) in [6.45, 7) is 17.1. The quantitative estimate of drug-likeness (QED) is 0.379. The van der Waals surface area contributed by atoms with Crippen LogP contribution in [0.1, 0.15) is 79.4 Å². The fourth-order valence-electron chi connectivity index (χ4n) is 5.73. The highest BCUT2D eigenvalue weighted by Crippen LogP contribution is 2.43. The lowest BCUT2D eigenvalue weighted by molar-refractivity contribution is -0.0733. The Morgan fingerprint density at radius 3 is 1.03 bits per heavy atom. The lowest BCUT2D eigenvalue weighted by atomic mass is 9.57. The summed E-state index contributed by atoms with van der Waals surface area (Å²) < 4.78 is 26.5. The zero-order valence-corrected chi connectivity index (χ0v) is 22.0. The Labute approximate surface area is 206 Å². The second-order valence-corrected chi connectivity index (χ2v) is 12.1. The monoisotopic (exact) mass is 460 g/mol. The summed E-state index contributed by atoms with van der Waals surface area (Å²) in [5.41, 5.74) is 2.59. The van der Waals surface area contributed by atoms with Crippen LogP contribution in [0, 0.1) is 0 Å². The lowest BCUT2D eigenvalue weighted by Crippen LogP contribution is -2.54. The molecule has 0 amide bonds. The topological polar surface area (TPSA) is 36.9 Å². The van der Waals surface area contributed by atoms with Crippen molar-refractivity contribution in [3.63, 3.8) is 0 Å². The van der Waals surface area contributed by atoms with Crippen LogP contribution in [0.5, 0.6) is 0 Å². The van der Waals surface area contributed by atoms with Crippen LogP contribution in [0.15, 0.2) is 60.7 Å². The molecule has 2 aromatic carbocycles. The molecule has 2 aliphatic rings. The average molecular weight is 460 g/mol. The average Bonchev–Trinajstić information content (AvgIpc) is 2.68. The van der Waals surface area contributed by atoms with Gasteiger partial charge in [0.2, 0.25) is 0 Å². The maximum atomic E-state index is 6.63. The molecule has 0 bridgehead atoms. The molecule has 2 saturated heterocycles. The maximum Gasteiger partial charge on any atom is 0.494 e. The van der Waals surface area contributed by atoms with E-state index in [9.17, 15) is 0 Å². The molecule has 2 heterocycles. The van der Waals surface area contributed by atoms with E-state index in [-0.39, 0.29) is 22.4 Å². The summed E-state index contributed by atoms with van der Waals surface area (Å²) in [6.07, 6.45) is 1.60. The summed E-state index contributed by atoms with van der Waals surface area (Å²) >= 11 is 0. The largest absolute Gasteiger partial charge is 0.494 e. The summed E-state index contributed by atoms with van der Waals surface area (Å²) in [6, 6.07) is 20.7. The lowest BCUT2D eigenvalue weighted by Gasteiger charge is -2.47. The third-order valence-corrected chi connectivity index (χ3v) is 6.34. The van der Waals surface area contributed by atoms with Gasteiger partial charge in [0.05, 0.1) is 22.4 Å². The zero-order chi connectivity index (χ0) is 24.8. The van der Waals surface area contributed by atoms with Crippen LogP contribution in [-0.2, 0) is 18.6 Å². The highest BCUT2D eigenvalue weighted by Gasteiger charge is 2.50. The van der Waals surface area contributed by atoms with Crippen molar-refractivity contribution in [2.45, 2.75) is 90.6 Å². The third-order valence-electron chi connectivity index (χ3n) is 6.34. The van der Waals surface area contributed by atoms with Gasteiger partial charge in [-0.2, -0.15) is 0 Å². The van der Waals surface area contributed by atoms with E-state index in [1.54, 1.807) is 0 Å². The van der Waals surface area contributed by atoms with Crippen molar-refractivity contribution in [2.75, 3.05) is 0 Å². The van der Waals surface area contributed by atoms with Gasteiger partial charge >= 0.3 is 14.2 Å². The zero-order valence-electron chi connectivity index (χ0n) is 22.0. The van der Waals surface area contributed by atoms with E-state index in [2.05, 4.69) is 79.7 Å². The minimum Gasteiger partial charge on any atom is -0.402 e. The van der Waals surface area contributed by atoms with Crippen molar-refractivity contribution in [1.29, 1.82) is 0 Å². The van der Waals surface area contributed by atoms with Crippen LogP contribution in [0.2, 0.25) is 0 Å². The van der Waals surface area contributed by atoms with Gasteiger partial charge < -0.3 is 18.6 Å². The summed E-state index contributed by atoms with van der Waals surface area (Å²) in [4.78, 5) is 0. The molecule has 4 rings (SSSR count). The van der Waals surface area contributed by atoms with Gasteiger partial charge in [-0.1, -0.05) is 60.7 Å². The molecule has 0 saturated carbocycles. The first-order chi connectivity index (χ1) is 15.8. The number of benzene rings is 2. The fraction of sp³-hybridized carbons (Fsp3) is 0.500. The molecular formula is C28H38B2O4. The molecule has 0 atom stereocenters. The molecule has 2 aromatic rings. The van der Waals surface area contributed by atoms with Gasteiger partial charge in [0, 0.05) is 12.8 Å². The van der Waals surface area contributed by atoms with Gasteiger partial charge in [0.25, 0.3) is 0 Å².